The third kappa shape index (κ3) is 3.67. The smallest absolute Gasteiger partial charge is 0.236 e. The highest BCUT2D eigenvalue weighted by Gasteiger charge is 2.25. The monoisotopic (exact) mass is 376 g/mol. The fourth-order valence-electron chi connectivity index (χ4n) is 3.82. The standard InChI is InChI=1S/C18H25N5O2S/c1-11-2-3-12-13(8-11)26-18-16(12)17(20-9-14(19)24)21-15(22-18)10-23-4-6-25-7-5-23/h11H,2-10H2,1H3,(H2,19,24)(H,20,21,22)/p+1/t11-/m0/s1. The van der Waals surface area contributed by atoms with E-state index in [4.69, 9.17) is 20.4 Å². The van der Waals surface area contributed by atoms with Crippen molar-refractivity contribution in [1.29, 1.82) is 0 Å². The first kappa shape index (κ1) is 17.6. The fourth-order valence-corrected chi connectivity index (χ4v) is 5.23. The van der Waals surface area contributed by atoms with Gasteiger partial charge in [0.05, 0.1) is 25.1 Å². The van der Waals surface area contributed by atoms with Crippen LogP contribution in [0.3, 0.4) is 0 Å². The SMILES string of the molecule is C[C@H]1CCc2c(sc3nc(C[NH+]4CCOCC4)nc(NCC(N)=O)c23)C1. The van der Waals surface area contributed by atoms with Crippen molar-refractivity contribution >= 4 is 33.3 Å². The Morgan fingerprint density at radius 2 is 2.19 bits per heavy atom. The van der Waals surface area contributed by atoms with Crippen molar-refractivity contribution in [2.75, 3.05) is 38.2 Å². The predicted molar refractivity (Wildman–Crippen MR) is 102 cm³/mol. The summed E-state index contributed by atoms with van der Waals surface area (Å²) in [7, 11) is 0. The molecule has 1 saturated heterocycles. The minimum Gasteiger partial charge on any atom is -0.370 e. The maximum Gasteiger partial charge on any atom is 0.236 e. The van der Waals surface area contributed by atoms with Crippen molar-refractivity contribution in [3.8, 4) is 0 Å². The molecule has 1 fully saturated rings. The van der Waals surface area contributed by atoms with E-state index in [0.29, 0.717) is 5.92 Å². The maximum atomic E-state index is 11.3. The number of primary amides is 1. The number of thiophene rings is 1. The summed E-state index contributed by atoms with van der Waals surface area (Å²) in [5.41, 5.74) is 6.70. The van der Waals surface area contributed by atoms with Gasteiger partial charge < -0.3 is 20.7 Å². The molecular formula is C18H26N5O2S+. The van der Waals surface area contributed by atoms with Crippen molar-refractivity contribution in [2.24, 2.45) is 11.7 Å². The zero-order chi connectivity index (χ0) is 18.1. The van der Waals surface area contributed by atoms with Crippen LogP contribution in [-0.4, -0.2) is 48.7 Å². The minimum atomic E-state index is -0.380. The number of nitrogens with zero attached hydrogens (tertiary/aromatic N) is 2. The molecule has 0 bridgehead atoms. The van der Waals surface area contributed by atoms with Crippen LogP contribution in [0, 0.1) is 5.92 Å². The van der Waals surface area contributed by atoms with Crippen molar-refractivity contribution in [3.63, 3.8) is 0 Å². The largest absolute Gasteiger partial charge is 0.370 e. The maximum absolute atomic E-state index is 11.3. The van der Waals surface area contributed by atoms with Gasteiger partial charge in [-0.1, -0.05) is 6.92 Å². The van der Waals surface area contributed by atoms with Crippen molar-refractivity contribution in [2.45, 2.75) is 32.7 Å². The molecule has 0 saturated carbocycles. The number of hydrogen-bond donors (Lipinski definition) is 3. The van der Waals surface area contributed by atoms with Crippen LogP contribution >= 0.6 is 11.3 Å². The van der Waals surface area contributed by atoms with Gasteiger partial charge in [0.2, 0.25) is 5.91 Å². The van der Waals surface area contributed by atoms with E-state index in [-0.39, 0.29) is 12.5 Å². The number of anilines is 1. The molecule has 1 aliphatic heterocycles. The van der Waals surface area contributed by atoms with Gasteiger partial charge in [-0.2, -0.15) is 0 Å². The Bertz CT molecular complexity index is 816. The Hall–Kier alpha value is -1.77. The molecule has 0 spiro atoms. The second-order valence-electron chi connectivity index (χ2n) is 7.38. The lowest BCUT2D eigenvalue weighted by Gasteiger charge is -2.23. The number of nitrogens with one attached hydrogen (secondary N) is 2. The molecule has 2 aliphatic rings. The van der Waals surface area contributed by atoms with Crippen LogP contribution in [-0.2, 0) is 28.9 Å². The van der Waals surface area contributed by atoms with Gasteiger partial charge >= 0.3 is 0 Å². The normalized spacial score (nSPS) is 20.9. The van der Waals surface area contributed by atoms with Crippen LogP contribution in [0.4, 0.5) is 5.82 Å². The highest BCUT2D eigenvalue weighted by Crippen LogP contribution is 2.39. The van der Waals surface area contributed by atoms with E-state index in [9.17, 15) is 4.79 Å². The fraction of sp³-hybridized carbons (Fsp3) is 0.611. The van der Waals surface area contributed by atoms with Crippen LogP contribution in [0.25, 0.3) is 10.2 Å². The Labute approximate surface area is 156 Å². The van der Waals surface area contributed by atoms with Gasteiger partial charge in [0.15, 0.2) is 5.82 Å². The number of amides is 1. The summed E-state index contributed by atoms with van der Waals surface area (Å²) < 4.78 is 5.44. The summed E-state index contributed by atoms with van der Waals surface area (Å²) in [6.07, 6.45) is 3.35. The second kappa shape index (κ2) is 7.46. The first-order valence-corrected chi connectivity index (χ1v) is 10.2. The number of morpholine rings is 1. The summed E-state index contributed by atoms with van der Waals surface area (Å²) in [5, 5.41) is 4.26. The van der Waals surface area contributed by atoms with E-state index in [0.717, 1.165) is 67.5 Å². The Morgan fingerprint density at radius 3 is 2.96 bits per heavy atom. The highest BCUT2D eigenvalue weighted by molar-refractivity contribution is 7.19. The molecule has 1 amide bonds. The molecule has 1 aliphatic carbocycles. The summed E-state index contributed by atoms with van der Waals surface area (Å²) >= 11 is 1.79. The number of quaternary nitrogens is 1. The van der Waals surface area contributed by atoms with Gasteiger partial charge in [-0.25, -0.2) is 9.97 Å². The average Bonchev–Trinajstić information content (AvgIpc) is 2.97. The van der Waals surface area contributed by atoms with Gasteiger partial charge in [-0.15, -0.1) is 11.3 Å². The lowest BCUT2D eigenvalue weighted by atomic mass is 9.89. The number of carbonyl (C=O) groups is 1. The first-order chi connectivity index (χ1) is 12.6. The number of ether oxygens (including phenoxy) is 1. The second-order valence-corrected chi connectivity index (χ2v) is 8.46. The topological polar surface area (TPSA) is 94.6 Å². The molecule has 140 valence electrons. The van der Waals surface area contributed by atoms with Gasteiger partial charge in [0.25, 0.3) is 0 Å². The van der Waals surface area contributed by atoms with E-state index >= 15 is 0 Å². The summed E-state index contributed by atoms with van der Waals surface area (Å²) in [6.45, 7) is 6.71. The Balaban J connectivity index is 1.70. The van der Waals surface area contributed by atoms with E-state index in [1.54, 1.807) is 11.3 Å². The van der Waals surface area contributed by atoms with Crippen LogP contribution in [0.2, 0.25) is 0 Å². The molecule has 2 aromatic rings. The molecule has 4 N–H and O–H groups in total. The van der Waals surface area contributed by atoms with Gasteiger partial charge in [-0.3, -0.25) is 4.79 Å². The van der Waals surface area contributed by atoms with Crippen molar-refractivity contribution in [3.05, 3.63) is 16.3 Å². The lowest BCUT2D eigenvalue weighted by molar-refractivity contribution is -0.922. The zero-order valence-corrected chi connectivity index (χ0v) is 16.0. The van der Waals surface area contributed by atoms with E-state index < -0.39 is 0 Å². The molecule has 4 rings (SSSR count). The lowest BCUT2D eigenvalue weighted by Crippen LogP contribution is -3.12. The van der Waals surface area contributed by atoms with Gasteiger partial charge in [0, 0.05) is 4.88 Å². The van der Waals surface area contributed by atoms with Gasteiger partial charge in [-0.05, 0) is 30.7 Å². The number of rotatable bonds is 5. The molecule has 26 heavy (non-hydrogen) atoms. The zero-order valence-electron chi connectivity index (χ0n) is 15.1. The molecule has 1 atom stereocenters. The third-order valence-electron chi connectivity index (χ3n) is 5.24. The number of aromatic nitrogens is 2. The number of carbonyl (C=O) groups excluding carboxylic acids is 1. The molecule has 0 aromatic carbocycles. The molecule has 7 nitrogen and oxygen atoms in total. The number of nitrogens with two attached hydrogens (primary N) is 1. The number of hydrogen-bond acceptors (Lipinski definition) is 6. The Kier molecular flexibility index (Phi) is 5.06. The number of aryl methyl sites for hydroxylation is 1. The molecule has 3 heterocycles. The Morgan fingerprint density at radius 1 is 1.38 bits per heavy atom. The van der Waals surface area contributed by atoms with Crippen LogP contribution in [0.1, 0.15) is 29.6 Å². The van der Waals surface area contributed by atoms with E-state index in [2.05, 4.69) is 12.2 Å². The van der Waals surface area contributed by atoms with E-state index in [1.807, 2.05) is 0 Å². The summed E-state index contributed by atoms with van der Waals surface area (Å²) in [6, 6.07) is 0. The van der Waals surface area contributed by atoms with Crippen LogP contribution in [0.5, 0.6) is 0 Å². The molecular weight excluding hydrogens is 350 g/mol. The van der Waals surface area contributed by atoms with Crippen LogP contribution in [0.15, 0.2) is 0 Å². The quantitative estimate of drug-likeness (QED) is 0.690. The first-order valence-electron chi connectivity index (χ1n) is 9.35. The summed E-state index contributed by atoms with van der Waals surface area (Å²) in [5.74, 6) is 1.93. The molecule has 0 radical (unpaired) electrons. The average molecular weight is 377 g/mol. The number of fused-ring (bicyclic) bond motifs is 3. The van der Waals surface area contributed by atoms with Crippen molar-refractivity contribution in [1.82, 2.24) is 9.97 Å². The van der Waals surface area contributed by atoms with Crippen LogP contribution < -0.4 is 16.0 Å². The molecule has 8 heteroatoms. The minimum absolute atomic E-state index is 0.0942. The predicted octanol–water partition coefficient (Wildman–Crippen LogP) is 0.128. The molecule has 0 unspecified atom stereocenters. The van der Waals surface area contributed by atoms with E-state index in [1.165, 1.54) is 21.8 Å². The summed E-state index contributed by atoms with van der Waals surface area (Å²) in [4.78, 5) is 24.8. The molecule has 2 aromatic heterocycles. The third-order valence-corrected chi connectivity index (χ3v) is 6.39. The van der Waals surface area contributed by atoms with Gasteiger partial charge in [0.1, 0.15) is 30.3 Å². The van der Waals surface area contributed by atoms with Crippen molar-refractivity contribution < 1.29 is 14.4 Å². The highest BCUT2D eigenvalue weighted by atomic mass is 32.1.